The fraction of sp³-hybridized carbons (Fsp3) is 0.182. The van der Waals surface area contributed by atoms with Crippen molar-refractivity contribution in [1.29, 1.82) is 0 Å². The van der Waals surface area contributed by atoms with E-state index in [1.54, 1.807) is 0 Å². The lowest BCUT2D eigenvalue weighted by Crippen LogP contribution is -2.39. The Morgan fingerprint density at radius 1 is 1.23 bits per heavy atom. The second kappa shape index (κ2) is 2.67. The van der Waals surface area contributed by atoms with Gasteiger partial charge < -0.3 is 0 Å². The summed E-state index contributed by atoms with van der Waals surface area (Å²) < 4.78 is 2.33. The van der Waals surface area contributed by atoms with Crippen molar-refractivity contribution in [2.75, 3.05) is 0 Å². The third-order valence-corrected chi connectivity index (χ3v) is 3.52. The van der Waals surface area contributed by atoms with Crippen LogP contribution < -0.4 is 4.57 Å². The zero-order valence-corrected chi connectivity index (χ0v) is 8.05. The minimum Gasteiger partial charge on any atom is -0.197 e. The molecule has 0 unspecified atom stereocenters. The summed E-state index contributed by atoms with van der Waals surface area (Å²) in [6.07, 6.45) is 3.35. The largest absolute Gasteiger partial charge is 0.222 e. The monoisotopic (exact) mass is 188 g/mol. The molecule has 0 amide bonds. The molecule has 0 atom stereocenters. The Kier molecular flexibility index (Phi) is 1.49. The first-order chi connectivity index (χ1) is 6.45. The number of nitrogens with zero attached hydrogens (tertiary/aromatic N) is 1. The number of pyridine rings is 1. The van der Waals surface area contributed by atoms with Crippen molar-refractivity contribution in [2.45, 2.75) is 13.0 Å². The van der Waals surface area contributed by atoms with Crippen molar-refractivity contribution in [3.05, 3.63) is 41.4 Å². The highest BCUT2D eigenvalue weighted by Crippen LogP contribution is 2.29. The van der Waals surface area contributed by atoms with Gasteiger partial charge in [-0.15, -0.1) is 11.3 Å². The van der Waals surface area contributed by atoms with Gasteiger partial charge in [0.1, 0.15) is 4.88 Å². The number of rotatable bonds is 0. The lowest BCUT2D eigenvalue weighted by molar-refractivity contribution is -0.687. The van der Waals surface area contributed by atoms with Crippen molar-refractivity contribution in [1.82, 2.24) is 0 Å². The minimum atomic E-state index is 1.12. The SMILES string of the molecule is c1cc[n+]2c(c1)-c1sccc1CC2. The van der Waals surface area contributed by atoms with Gasteiger partial charge in [-0.3, -0.25) is 0 Å². The van der Waals surface area contributed by atoms with E-state index in [4.69, 9.17) is 0 Å². The van der Waals surface area contributed by atoms with E-state index in [-0.39, 0.29) is 0 Å². The molecule has 2 aromatic heterocycles. The Morgan fingerprint density at radius 3 is 3.23 bits per heavy atom. The Morgan fingerprint density at radius 2 is 2.23 bits per heavy atom. The standard InChI is InChI=1S/C11H10NS/c1-2-6-12-7-4-9-5-8-13-11(9)10(12)3-1/h1-3,5-6,8H,4,7H2/q+1. The third-order valence-electron chi connectivity index (χ3n) is 2.54. The third kappa shape index (κ3) is 1.02. The second-order valence-corrected chi connectivity index (χ2v) is 4.22. The van der Waals surface area contributed by atoms with Gasteiger partial charge in [0.2, 0.25) is 5.69 Å². The molecule has 3 heterocycles. The summed E-state index contributed by atoms with van der Waals surface area (Å²) in [5.74, 6) is 0. The molecule has 1 aliphatic rings. The van der Waals surface area contributed by atoms with Crippen LogP contribution in [0.25, 0.3) is 10.6 Å². The van der Waals surface area contributed by atoms with Crippen molar-refractivity contribution >= 4 is 11.3 Å². The predicted molar refractivity (Wildman–Crippen MR) is 53.7 cm³/mol. The maximum absolute atomic E-state index is 2.33. The highest BCUT2D eigenvalue weighted by molar-refractivity contribution is 7.13. The first kappa shape index (κ1) is 7.27. The van der Waals surface area contributed by atoms with Gasteiger partial charge in [0.05, 0.1) is 0 Å². The summed E-state index contributed by atoms with van der Waals surface area (Å²) in [5, 5.41) is 2.19. The smallest absolute Gasteiger partial charge is 0.197 e. The lowest BCUT2D eigenvalue weighted by Gasteiger charge is -2.09. The number of thiophene rings is 1. The molecule has 0 N–H and O–H groups in total. The van der Waals surface area contributed by atoms with Gasteiger partial charge >= 0.3 is 0 Å². The lowest BCUT2D eigenvalue weighted by atomic mass is 10.1. The minimum absolute atomic E-state index is 1.12. The van der Waals surface area contributed by atoms with E-state index < -0.39 is 0 Å². The molecule has 0 radical (unpaired) electrons. The molecule has 0 aliphatic carbocycles. The Labute approximate surface area is 81.3 Å². The number of aryl methyl sites for hydroxylation is 2. The van der Waals surface area contributed by atoms with Crippen LogP contribution in [0.15, 0.2) is 35.8 Å². The fourth-order valence-electron chi connectivity index (χ4n) is 1.88. The van der Waals surface area contributed by atoms with E-state index >= 15 is 0 Å². The molecule has 64 valence electrons. The number of aromatic nitrogens is 1. The van der Waals surface area contributed by atoms with Gasteiger partial charge in [0.15, 0.2) is 12.7 Å². The molecule has 0 spiro atoms. The average Bonchev–Trinajstić information content (AvgIpc) is 2.65. The Bertz CT molecular complexity index is 445. The van der Waals surface area contributed by atoms with Gasteiger partial charge in [0, 0.05) is 18.6 Å². The van der Waals surface area contributed by atoms with Crippen LogP contribution in [0.2, 0.25) is 0 Å². The van der Waals surface area contributed by atoms with Crippen molar-refractivity contribution in [3.63, 3.8) is 0 Å². The van der Waals surface area contributed by atoms with E-state index in [0.717, 1.165) is 6.54 Å². The topological polar surface area (TPSA) is 3.88 Å². The molecule has 1 nitrogen and oxygen atoms in total. The van der Waals surface area contributed by atoms with E-state index in [1.165, 1.54) is 22.6 Å². The van der Waals surface area contributed by atoms with Crippen LogP contribution in [-0.4, -0.2) is 0 Å². The zero-order chi connectivity index (χ0) is 8.67. The van der Waals surface area contributed by atoms with Gasteiger partial charge in [-0.2, -0.15) is 4.57 Å². The van der Waals surface area contributed by atoms with E-state index in [0.29, 0.717) is 0 Å². The summed E-state index contributed by atoms with van der Waals surface area (Å²) in [6, 6.07) is 8.66. The fourth-order valence-corrected chi connectivity index (χ4v) is 2.87. The quantitative estimate of drug-likeness (QED) is 0.558. The number of hydrogen-bond acceptors (Lipinski definition) is 1. The Balaban J connectivity index is 2.30. The molecule has 0 bridgehead atoms. The van der Waals surface area contributed by atoms with Crippen LogP contribution in [0.3, 0.4) is 0 Å². The van der Waals surface area contributed by atoms with Crippen LogP contribution in [0, 0.1) is 0 Å². The molecule has 2 heteroatoms. The molecule has 1 aliphatic heterocycles. The molecule has 13 heavy (non-hydrogen) atoms. The molecular weight excluding hydrogens is 178 g/mol. The summed E-state index contributed by atoms with van der Waals surface area (Å²) in [5.41, 5.74) is 2.88. The number of fused-ring (bicyclic) bond motifs is 3. The predicted octanol–water partition coefficient (Wildman–Crippen LogP) is 2.26. The van der Waals surface area contributed by atoms with Gasteiger partial charge in [-0.1, -0.05) is 0 Å². The van der Waals surface area contributed by atoms with Gasteiger partial charge in [-0.05, 0) is 23.1 Å². The summed E-state index contributed by atoms with van der Waals surface area (Å²) in [4.78, 5) is 1.45. The molecular formula is C11H10NS+. The van der Waals surface area contributed by atoms with E-state index in [2.05, 4.69) is 40.4 Å². The van der Waals surface area contributed by atoms with Gasteiger partial charge in [0.25, 0.3) is 0 Å². The van der Waals surface area contributed by atoms with Crippen molar-refractivity contribution in [2.24, 2.45) is 0 Å². The molecule has 0 saturated heterocycles. The van der Waals surface area contributed by atoms with Crippen LogP contribution in [-0.2, 0) is 13.0 Å². The van der Waals surface area contributed by atoms with E-state index in [9.17, 15) is 0 Å². The molecule has 0 fully saturated rings. The molecule has 0 saturated carbocycles. The maximum atomic E-state index is 2.33. The normalized spacial score (nSPS) is 13.5. The zero-order valence-electron chi connectivity index (χ0n) is 7.23. The van der Waals surface area contributed by atoms with E-state index in [1.807, 2.05) is 11.3 Å². The molecule has 3 rings (SSSR count). The van der Waals surface area contributed by atoms with Crippen LogP contribution in [0.1, 0.15) is 5.56 Å². The van der Waals surface area contributed by atoms with Crippen molar-refractivity contribution < 1.29 is 4.57 Å². The second-order valence-electron chi connectivity index (χ2n) is 3.30. The molecule has 0 aromatic carbocycles. The maximum Gasteiger partial charge on any atom is 0.222 e. The first-order valence-electron chi connectivity index (χ1n) is 4.50. The van der Waals surface area contributed by atoms with Crippen LogP contribution in [0.5, 0.6) is 0 Å². The average molecular weight is 188 g/mol. The van der Waals surface area contributed by atoms with Crippen LogP contribution in [0.4, 0.5) is 0 Å². The summed E-state index contributed by atoms with van der Waals surface area (Å²) in [7, 11) is 0. The highest BCUT2D eigenvalue weighted by atomic mass is 32.1. The first-order valence-corrected chi connectivity index (χ1v) is 5.38. The molecule has 2 aromatic rings. The Hall–Kier alpha value is -1.15. The summed E-state index contributed by atoms with van der Waals surface area (Å²) >= 11 is 1.85. The highest BCUT2D eigenvalue weighted by Gasteiger charge is 2.22. The number of hydrogen-bond donors (Lipinski definition) is 0. The van der Waals surface area contributed by atoms with Gasteiger partial charge in [-0.25, -0.2) is 0 Å². The summed E-state index contributed by atoms with van der Waals surface area (Å²) in [6.45, 7) is 1.12. The van der Waals surface area contributed by atoms with Crippen molar-refractivity contribution in [3.8, 4) is 10.6 Å². The van der Waals surface area contributed by atoms with Crippen LogP contribution >= 0.6 is 11.3 Å².